The number of methoxy groups -OCH3 is 1. The number of nitrogens with two attached hydrogens (primary N) is 1. The van der Waals surface area contributed by atoms with Crippen LogP contribution in [0.25, 0.3) is 0 Å². The van der Waals surface area contributed by atoms with Crippen LogP contribution in [0.2, 0.25) is 0 Å². The molecule has 1 saturated heterocycles. The maximum absolute atomic E-state index is 11.7. The highest BCUT2D eigenvalue weighted by molar-refractivity contribution is 5.75. The molecule has 100 valence electrons. The van der Waals surface area contributed by atoms with Crippen molar-refractivity contribution in [3.05, 3.63) is 0 Å². The van der Waals surface area contributed by atoms with Gasteiger partial charge in [-0.2, -0.15) is 0 Å². The number of piperidine rings is 1. The van der Waals surface area contributed by atoms with Crippen molar-refractivity contribution in [2.75, 3.05) is 26.8 Å². The molecular formula is C12H24N2O3. The molecule has 0 bridgehead atoms. The number of carbonyl (C=O) groups excluding carboxylic acids is 1. The number of ether oxygens (including phenoxy) is 2. The number of esters is 1. The Morgan fingerprint density at radius 3 is 2.82 bits per heavy atom. The van der Waals surface area contributed by atoms with Gasteiger partial charge in [0.25, 0.3) is 0 Å². The van der Waals surface area contributed by atoms with Crippen molar-refractivity contribution >= 4 is 5.97 Å². The quantitative estimate of drug-likeness (QED) is 0.708. The van der Waals surface area contributed by atoms with Gasteiger partial charge in [0, 0.05) is 26.2 Å². The molecule has 1 fully saturated rings. The monoisotopic (exact) mass is 244 g/mol. The van der Waals surface area contributed by atoms with Gasteiger partial charge in [0.1, 0.15) is 6.04 Å². The van der Waals surface area contributed by atoms with Gasteiger partial charge in [-0.15, -0.1) is 0 Å². The Labute approximate surface area is 103 Å². The van der Waals surface area contributed by atoms with Crippen LogP contribution in [0.4, 0.5) is 0 Å². The number of carbonyl (C=O) groups is 1. The largest absolute Gasteiger partial charge is 0.465 e. The van der Waals surface area contributed by atoms with Crippen molar-refractivity contribution in [3.8, 4) is 0 Å². The van der Waals surface area contributed by atoms with Crippen molar-refractivity contribution in [1.82, 2.24) is 4.90 Å². The first kappa shape index (κ1) is 14.4. The Morgan fingerprint density at radius 1 is 1.59 bits per heavy atom. The van der Waals surface area contributed by atoms with E-state index in [9.17, 15) is 4.79 Å². The molecule has 0 saturated carbocycles. The number of nitrogens with zero attached hydrogens (tertiary/aromatic N) is 1. The fourth-order valence-corrected chi connectivity index (χ4v) is 2.39. The summed E-state index contributed by atoms with van der Waals surface area (Å²) in [6.07, 6.45) is 2.09. The Kier molecular flexibility index (Phi) is 5.88. The molecule has 1 rings (SSSR count). The summed E-state index contributed by atoms with van der Waals surface area (Å²) >= 11 is 0. The van der Waals surface area contributed by atoms with E-state index in [2.05, 4.69) is 4.90 Å². The van der Waals surface area contributed by atoms with E-state index in [4.69, 9.17) is 15.2 Å². The van der Waals surface area contributed by atoms with Gasteiger partial charge >= 0.3 is 5.97 Å². The minimum absolute atomic E-state index is 0.165. The third-order valence-electron chi connectivity index (χ3n) is 3.44. The average Bonchev–Trinajstić information content (AvgIpc) is 2.37. The van der Waals surface area contributed by atoms with Gasteiger partial charge in [-0.05, 0) is 26.7 Å². The summed E-state index contributed by atoms with van der Waals surface area (Å²) in [4.78, 5) is 13.9. The van der Waals surface area contributed by atoms with Crippen LogP contribution in [0, 0.1) is 0 Å². The minimum atomic E-state index is -0.221. The smallest absolute Gasteiger partial charge is 0.323 e. The molecule has 1 aliphatic heterocycles. The summed E-state index contributed by atoms with van der Waals surface area (Å²) < 4.78 is 10.4. The molecule has 0 aromatic rings. The molecule has 17 heavy (non-hydrogen) atoms. The van der Waals surface area contributed by atoms with Gasteiger partial charge in [0.2, 0.25) is 0 Å². The van der Waals surface area contributed by atoms with Crippen LogP contribution in [0.3, 0.4) is 0 Å². The minimum Gasteiger partial charge on any atom is -0.465 e. The second-order valence-electron chi connectivity index (χ2n) is 4.44. The van der Waals surface area contributed by atoms with E-state index < -0.39 is 0 Å². The normalized spacial score (nSPS) is 27.8. The molecule has 2 N–H and O–H groups in total. The lowest BCUT2D eigenvalue weighted by atomic mass is 9.97. The predicted molar refractivity (Wildman–Crippen MR) is 65.7 cm³/mol. The Bertz CT molecular complexity index is 248. The van der Waals surface area contributed by atoms with E-state index in [1.165, 1.54) is 0 Å². The molecule has 3 atom stereocenters. The summed E-state index contributed by atoms with van der Waals surface area (Å²) in [5.41, 5.74) is 5.77. The molecule has 5 heteroatoms. The lowest BCUT2D eigenvalue weighted by molar-refractivity contribution is -0.151. The fraction of sp³-hybridized carbons (Fsp3) is 0.917. The molecule has 5 nitrogen and oxygen atoms in total. The molecular weight excluding hydrogens is 220 g/mol. The third kappa shape index (κ3) is 3.66. The molecule has 0 spiro atoms. The van der Waals surface area contributed by atoms with Crippen molar-refractivity contribution in [3.63, 3.8) is 0 Å². The zero-order chi connectivity index (χ0) is 12.8. The first-order chi connectivity index (χ1) is 8.13. The Hall–Kier alpha value is -0.650. The van der Waals surface area contributed by atoms with E-state index in [0.717, 1.165) is 19.4 Å². The van der Waals surface area contributed by atoms with E-state index in [0.29, 0.717) is 13.2 Å². The third-order valence-corrected chi connectivity index (χ3v) is 3.44. The highest BCUT2D eigenvalue weighted by atomic mass is 16.5. The lowest BCUT2D eigenvalue weighted by Gasteiger charge is -2.40. The fourth-order valence-electron chi connectivity index (χ4n) is 2.39. The zero-order valence-electron chi connectivity index (χ0n) is 11.0. The summed E-state index contributed by atoms with van der Waals surface area (Å²) in [5, 5.41) is 0. The first-order valence-corrected chi connectivity index (χ1v) is 6.29. The van der Waals surface area contributed by atoms with Crippen LogP contribution in [-0.4, -0.2) is 55.9 Å². The topological polar surface area (TPSA) is 64.8 Å². The maximum Gasteiger partial charge on any atom is 0.323 e. The molecule has 0 aliphatic carbocycles. The van der Waals surface area contributed by atoms with Gasteiger partial charge < -0.3 is 15.2 Å². The Balaban J connectivity index is 2.59. The van der Waals surface area contributed by atoms with Crippen LogP contribution in [-0.2, 0) is 14.3 Å². The summed E-state index contributed by atoms with van der Waals surface area (Å²) in [5.74, 6) is -0.165. The van der Waals surface area contributed by atoms with Gasteiger partial charge in [0.05, 0.1) is 12.7 Å². The Morgan fingerprint density at radius 2 is 2.29 bits per heavy atom. The molecule has 1 aliphatic rings. The molecule has 0 radical (unpaired) electrons. The molecule has 0 aromatic carbocycles. The predicted octanol–water partition coefficient (Wildman–Crippen LogP) is 0.376. The molecule has 1 heterocycles. The van der Waals surface area contributed by atoms with E-state index in [-0.39, 0.29) is 24.2 Å². The van der Waals surface area contributed by atoms with Crippen molar-refractivity contribution in [2.45, 2.75) is 44.9 Å². The average molecular weight is 244 g/mol. The van der Waals surface area contributed by atoms with E-state index >= 15 is 0 Å². The molecule has 0 amide bonds. The highest BCUT2D eigenvalue weighted by Crippen LogP contribution is 2.21. The van der Waals surface area contributed by atoms with E-state index in [1.807, 2.05) is 13.8 Å². The van der Waals surface area contributed by atoms with Crippen LogP contribution in [0.15, 0.2) is 0 Å². The molecule has 0 aromatic heterocycles. The summed E-state index contributed by atoms with van der Waals surface area (Å²) in [6.45, 7) is 5.50. The number of hydrogen-bond donors (Lipinski definition) is 1. The van der Waals surface area contributed by atoms with Crippen molar-refractivity contribution in [1.29, 1.82) is 0 Å². The van der Waals surface area contributed by atoms with Crippen LogP contribution < -0.4 is 5.73 Å². The number of likely N-dealkylation sites (tertiary alicyclic amines) is 1. The summed E-state index contributed by atoms with van der Waals surface area (Å²) in [7, 11) is 1.72. The zero-order valence-corrected chi connectivity index (χ0v) is 11.0. The standard InChI is InChI=1S/C12H24N2O3/c1-4-17-12(15)9(2)14-6-5-11(16-3)7-10(14)8-13/h9-11H,4-8,13H2,1-3H3. The van der Waals surface area contributed by atoms with Gasteiger partial charge in [0.15, 0.2) is 0 Å². The maximum atomic E-state index is 11.7. The van der Waals surface area contributed by atoms with Crippen LogP contribution in [0.1, 0.15) is 26.7 Å². The van der Waals surface area contributed by atoms with Crippen molar-refractivity contribution in [2.24, 2.45) is 5.73 Å². The van der Waals surface area contributed by atoms with Gasteiger partial charge in [-0.3, -0.25) is 9.69 Å². The second-order valence-corrected chi connectivity index (χ2v) is 4.44. The highest BCUT2D eigenvalue weighted by Gasteiger charge is 2.33. The molecule has 3 unspecified atom stereocenters. The number of hydrogen-bond acceptors (Lipinski definition) is 5. The summed E-state index contributed by atoms with van der Waals surface area (Å²) in [6, 6.07) is -0.0191. The van der Waals surface area contributed by atoms with Gasteiger partial charge in [-0.1, -0.05) is 0 Å². The van der Waals surface area contributed by atoms with Gasteiger partial charge in [-0.25, -0.2) is 0 Å². The van der Waals surface area contributed by atoms with E-state index in [1.54, 1.807) is 7.11 Å². The van der Waals surface area contributed by atoms with Crippen LogP contribution in [0.5, 0.6) is 0 Å². The number of rotatable bonds is 5. The lowest BCUT2D eigenvalue weighted by Crippen LogP contribution is -2.54. The second kappa shape index (κ2) is 6.93. The van der Waals surface area contributed by atoms with Crippen LogP contribution >= 0.6 is 0 Å². The first-order valence-electron chi connectivity index (χ1n) is 6.29. The SMILES string of the molecule is CCOC(=O)C(C)N1CCC(OC)CC1CN. The van der Waals surface area contributed by atoms with Crippen molar-refractivity contribution < 1.29 is 14.3 Å².